The van der Waals surface area contributed by atoms with Crippen LogP contribution in [0.4, 0.5) is 0 Å². The molecule has 0 aliphatic carbocycles. The lowest BCUT2D eigenvalue weighted by Gasteiger charge is -2.00. The number of unbranched alkanes of at least 4 members (excludes halogenated alkanes) is 3. The van der Waals surface area contributed by atoms with Crippen LogP contribution in [0.1, 0.15) is 32.1 Å². The van der Waals surface area contributed by atoms with Gasteiger partial charge in [0.25, 0.3) is 0 Å². The molecule has 26 heavy (non-hydrogen) atoms. The number of carboxylic acids is 1. The van der Waals surface area contributed by atoms with E-state index in [4.69, 9.17) is 15.3 Å². The highest BCUT2D eigenvalue weighted by molar-refractivity contribution is 5.77. The summed E-state index contributed by atoms with van der Waals surface area (Å²) in [6.07, 6.45) is 3.82. The number of hydrogen-bond acceptors (Lipinski definition) is 3. The first-order valence-electron chi connectivity index (χ1n) is 9.02. The van der Waals surface area contributed by atoms with E-state index in [0.29, 0.717) is 0 Å². The van der Waals surface area contributed by atoms with Crippen molar-refractivity contribution >= 4 is 5.97 Å². The minimum Gasteiger partial charge on any atom is -0.481 e. The summed E-state index contributed by atoms with van der Waals surface area (Å²) in [4.78, 5) is 12.3. The molecular formula is C21H23N3O2. The molecular weight excluding hydrogens is 326 g/mol. The number of hydrogen-bond donors (Lipinski definition) is 1. The van der Waals surface area contributed by atoms with Crippen molar-refractivity contribution in [3.05, 3.63) is 60.7 Å². The summed E-state index contributed by atoms with van der Waals surface area (Å²) in [6.45, 7) is 0.736. The van der Waals surface area contributed by atoms with E-state index in [1.165, 1.54) is 0 Å². The number of rotatable bonds is 9. The molecule has 5 nitrogen and oxygen atoms in total. The minimum absolute atomic E-state index is 0.246. The number of benzene rings is 2. The Morgan fingerprint density at radius 2 is 1.27 bits per heavy atom. The Morgan fingerprint density at radius 1 is 0.769 bits per heavy atom. The highest BCUT2D eigenvalue weighted by Crippen LogP contribution is 2.28. The van der Waals surface area contributed by atoms with Crippen molar-refractivity contribution in [2.75, 3.05) is 0 Å². The van der Waals surface area contributed by atoms with E-state index in [9.17, 15) is 4.79 Å². The van der Waals surface area contributed by atoms with Crippen LogP contribution < -0.4 is 0 Å². The van der Waals surface area contributed by atoms with E-state index in [0.717, 1.165) is 54.7 Å². The summed E-state index contributed by atoms with van der Waals surface area (Å²) in [5.74, 6) is -0.723. The molecule has 0 unspecified atom stereocenters. The van der Waals surface area contributed by atoms with Gasteiger partial charge in [-0.05, 0) is 12.8 Å². The molecule has 3 rings (SSSR count). The topological polar surface area (TPSA) is 68.0 Å². The van der Waals surface area contributed by atoms with Crippen LogP contribution in [0.3, 0.4) is 0 Å². The first-order chi connectivity index (χ1) is 12.7. The molecule has 0 amide bonds. The molecule has 0 saturated heterocycles. The first-order valence-corrected chi connectivity index (χ1v) is 9.02. The van der Waals surface area contributed by atoms with Crippen molar-refractivity contribution in [1.82, 2.24) is 15.0 Å². The average Bonchev–Trinajstić information content (AvgIpc) is 3.10. The SMILES string of the molecule is O=C(O)CCCCCCn1nc(-c2ccccc2)c(-c2ccccc2)n1. The molecule has 0 spiro atoms. The number of aliphatic carboxylic acids is 1. The van der Waals surface area contributed by atoms with Gasteiger partial charge in [-0.25, -0.2) is 0 Å². The van der Waals surface area contributed by atoms with Gasteiger partial charge in [-0.3, -0.25) is 4.79 Å². The molecule has 0 bridgehead atoms. The van der Waals surface area contributed by atoms with Crippen molar-refractivity contribution < 1.29 is 9.90 Å². The number of carbonyl (C=O) groups is 1. The van der Waals surface area contributed by atoms with E-state index in [2.05, 4.69) is 0 Å². The lowest BCUT2D eigenvalue weighted by Crippen LogP contribution is -2.03. The molecule has 0 fully saturated rings. The smallest absolute Gasteiger partial charge is 0.303 e. The summed E-state index contributed by atoms with van der Waals surface area (Å²) in [6, 6.07) is 20.2. The molecule has 0 aliphatic rings. The second kappa shape index (κ2) is 8.94. The molecule has 134 valence electrons. The van der Waals surface area contributed by atoms with Crippen LogP contribution in [0.15, 0.2) is 60.7 Å². The van der Waals surface area contributed by atoms with Gasteiger partial charge in [0, 0.05) is 17.5 Å². The highest BCUT2D eigenvalue weighted by atomic mass is 16.4. The molecule has 0 radical (unpaired) electrons. The van der Waals surface area contributed by atoms with Crippen LogP contribution in [0.25, 0.3) is 22.5 Å². The molecule has 2 aromatic carbocycles. The Morgan fingerprint density at radius 3 is 1.77 bits per heavy atom. The number of nitrogens with zero attached hydrogens (tertiary/aromatic N) is 3. The Labute approximate surface area is 153 Å². The molecule has 5 heteroatoms. The maximum atomic E-state index is 10.5. The van der Waals surface area contributed by atoms with Crippen molar-refractivity contribution in [3.63, 3.8) is 0 Å². The minimum atomic E-state index is -0.723. The highest BCUT2D eigenvalue weighted by Gasteiger charge is 2.14. The van der Waals surface area contributed by atoms with Gasteiger partial charge in [-0.15, -0.1) is 0 Å². The fourth-order valence-corrected chi connectivity index (χ4v) is 2.91. The Bertz CT molecular complexity index is 772. The first kappa shape index (κ1) is 17.9. The normalized spacial score (nSPS) is 10.8. The fourth-order valence-electron chi connectivity index (χ4n) is 2.91. The zero-order chi connectivity index (χ0) is 18.2. The molecule has 1 heterocycles. The van der Waals surface area contributed by atoms with Crippen LogP contribution in [0.5, 0.6) is 0 Å². The number of aryl methyl sites for hydroxylation is 1. The molecule has 3 aromatic rings. The number of aromatic nitrogens is 3. The van der Waals surface area contributed by atoms with Gasteiger partial charge in [0.15, 0.2) is 0 Å². The fraction of sp³-hybridized carbons (Fsp3) is 0.286. The van der Waals surface area contributed by atoms with Gasteiger partial charge in [0.2, 0.25) is 0 Å². The summed E-state index contributed by atoms with van der Waals surface area (Å²) < 4.78 is 0. The van der Waals surface area contributed by atoms with Crippen LogP contribution in [-0.4, -0.2) is 26.1 Å². The third-order valence-corrected chi connectivity index (χ3v) is 4.25. The van der Waals surface area contributed by atoms with Gasteiger partial charge < -0.3 is 5.11 Å². The van der Waals surface area contributed by atoms with E-state index >= 15 is 0 Å². The van der Waals surface area contributed by atoms with Crippen molar-refractivity contribution in [3.8, 4) is 22.5 Å². The second-order valence-electron chi connectivity index (χ2n) is 6.28. The molecule has 0 atom stereocenters. The van der Waals surface area contributed by atoms with Crippen LogP contribution in [0.2, 0.25) is 0 Å². The number of carboxylic acid groups (broad SMARTS) is 1. The van der Waals surface area contributed by atoms with Gasteiger partial charge in [-0.2, -0.15) is 15.0 Å². The summed E-state index contributed by atoms with van der Waals surface area (Å²) in [5, 5.41) is 18.1. The standard InChI is InChI=1S/C21H23N3O2/c25-19(26)15-9-1-2-10-16-24-22-20(17-11-5-3-6-12-17)21(23-24)18-13-7-4-8-14-18/h3-8,11-14H,1-2,9-10,15-16H2,(H,25,26). The Hall–Kier alpha value is -2.95. The molecule has 0 saturated carbocycles. The van der Waals surface area contributed by atoms with E-state index in [1.54, 1.807) is 4.80 Å². The maximum Gasteiger partial charge on any atom is 0.303 e. The largest absolute Gasteiger partial charge is 0.481 e. The van der Waals surface area contributed by atoms with Gasteiger partial charge >= 0.3 is 5.97 Å². The van der Waals surface area contributed by atoms with E-state index < -0.39 is 5.97 Å². The summed E-state index contributed by atoms with van der Waals surface area (Å²) in [7, 11) is 0. The van der Waals surface area contributed by atoms with Gasteiger partial charge in [0.1, 0.15) is 11.4 Å². The van der Waals surface area contributed by atoms with Crippen molar-refractivity contribution in [2.45, 2.75) is 38.6 Å². The zero-order valence-corrected chi connectivity index (χ0v) is 14.7. The summed E-state index contributed by atoms with van der Waals surface area (Å²) in [5.41, 5.74) is 3.89. The molecule has 1 aromatic heterocycles. The van der Waals surface area contributed by atoms with E-state index in [-0.39, 0.29) is 6.42 Å². The van der Waals surface area contributed by atoms with Crippen LogP contribution in [0, 0.1) is 0 Å². The Balaban J connectivity index is 1.72. The lowest BCUT2D eigenvalue weighted by atomic mass is 10.1. The predicted octanol–water partition coefficient (Wildman–Crippen LogP) is 4.65. The quantitative estimate of drug-likeness (QED) is 0.571. The van der Waals surface area contributed by atoms with Gasteiger partial charge in [-0.1, -0.05) is 73.5 Å². The van der Waals surface area contributed by atoms with Crippen molar-refractivity contribution in [1.29, 1.82) is 0 Å². The van der Waals surface area contributed by atoms with Crippen LogP contribution >= 0.6 is 0 Å². The Kier molecular flexibility index (Phi) is 6.14. The third kappa shape index (κ3) is 4.79. The van der Waals surface area contributed by atoms with Crippen molar-refractivity contribution in [2.24, 2.45) is 0 Å². The molecule has 1 N–H and O–H groups in total. The lowest BCUT2D eigenvalue weighted by molar-refractivity contribution is -0.137. The van der Waals surface area contributed by atoms with E-state index in [1.807, 2.05) is 60.7 Å². The third-order valence-electron chi connectivity index (χ3n) is 4.25. The second-order valence-corrected chi connectivity index (χ2v) is 6.28. The van der Waals surface area contributed by atoms with Gasteiger partial charge in [0.05, 0.1) is 6.54 Å². The zero-order valence-electron chi connectivity index (χ0n) is 14.7. The molecule has 0 aliphatic heterocycles. The monoisotopic (exact) mass is 349 g/mol. The average molecular weight is 349 g/mol. The van der Waals surface area contributed by atoms with Crippen LogP contribution in [-0.2, 0) is 11.3 Å². The maximum absolute atomic E-state index is 10.5. The predicted molar refractivity (Wildman–Crippen MR) is 102 cm³/mol. The summed E-state index contributed by atoms with van der Waals surface area (Å²) >= 11 is 0.